The quantitative estimate of drug-likeness (QED) is 0.746. The van der Waals surface area contributed by atoms with Gasteiger partial charge in [-0.2, -0.15) is 0 Å². The first kappa shape index (κ1) is 11.2. The summed E-state index contributed by atoms with van der Waals surface area (Å²) in [5.74, 6) is -1.35. The zero-order valence-electron chi connectivity index (χ0n) is 7.27. The van der Waals surface area contributed by atoms with Crippen LogP contribution in [-0.2, 0) is 10.4 Å². The minimum atomic E-state index is -2.00. The molecule has 5 heteroatoms. The highest BCUT2D eigenvalue weighted by Gasteiger charge is 2.36. The van der Waals surface area contributed by atoms with Crippen molar-refractivity contribution < 1.29 is 15.0 Å². The summed E-state index contributed by atoms with van der Waals surface area (Å²) >= 11 is 3.21. The summed E-state index contributed by atoms with van der Waals surface area (Å²) < 4.78 is 0.811. The molecule has 0 saturated carbocycles. The molecule has 76 valence electrons. The van der Waals surface area contributed by atoms with E-state index in [0.717, 1.165) is 4.47 Å². The Bertz CT molecular complexity index is 338. The average molecular weight is 260 g/mol. The maximum Gasteiger partial charge on any atom is 0.341 e. The van der Waals surface area contributed by atoms with Crippen molar-refractivity contribution in [3.63, 3.8) is 0 Å². The van der Waals surface area contributed by atoms with Gasteiger partial charge in [-0.3, -0.25) is 0 Å². The molecule has 1 aromatic rings. The van der Waals surface area contributed by atoms with E-state index >= 15 is 0 Å². The van der Waals surface area contributed by atoms with E-state index in [1.165, 1.54) is 12.1 Å². The SMILES string of the molecule is NC[C@@](O)(C(=O)O)c1ccc(Br)cc1. The van der Waals surface area contributed by atoms with E-state index in [2.05, 4.69) is 15.9 Å². The summed E-state index contributed by atoms with van der Waals surface area (Å²) in [6.45, 7) is -0.357. The van der Waals surface area contributed by atoms with Crippen LogP contribution in [-0.4, -0.2) is 22.7 Å². The zero-order valence-corrected chi connectivity index (χ0v) is 8.86. The number of carbonyl (C=O) groups is 1. The molecule has 1 aromatic carbocycles. The van der Waals surface area contributed by atoms with E-state index in [1.807, 2.05) is 0 Å². The third-order valence-corrected chi connectivity index (χ3v) is 2.50. The molecule has 4 N–H and O–H groups in total. The third kappa shape index (κ3) is 1.95. The molecule has 0 radical (unpaired) electrons. The predicted molar refractivity (Wildman–Crippen MR) is 54.7 cm³/mol. The molecule has 0 spiro atoms. The third-order valence-electron chi connectivity index (χ3n) is 1.97. The van der Waals surface area contributed by atoms with E-state index in [-0.39, 0.29) is 12.1 Å². The van der Waals surface area contributed by atoms with Gasteiger partial charge >= 0.3 is 5.97 Å². The van der Waals surface area contributed by atoms with Gasteiger partial charge in [0.2, 0.25) is 0 Å². The minimum Gasteiger partial charge on any atom is -0.479 e. The maximum atomic E-state index is 10.8. The number of nitrogens with two attached hydrogens (primary N) is 1. The molecular formula is C9H10BrNO3. The van der Waals surface area contributed by atoms with Gasteiger partial charge in [0.25, 0.3) is 0 Å². The number of carboxylic acids is 1. The Hall–Kier alpha value is -0.910. The lowest BCUT2D eigenvalue weighted by Crippen LogP contribution is -2.42. The monoisotopic (exact) mass is 259 g/mol. The molecule has 14 heavy (non-hydrogen) atoms. The van der Waals surface area contributed by atoms with Crippen molar-refractivity contribution in [2.75, 3.05) is 6.54 Å². The van der Waals surface area contributed by atoms with Crippen molar-refractivity contribution >= 4 is 21.9 Å². The number of hydrogen-bond acceptors (Lipinski definition) is 3. The molecule has 1 rings (SSSR count). The van der Waals surface area contributed by atoms with Gasteiger partial charge in [0, 0.05) is 11.0 Å². The van der Waals surface area contributed by atoms with Crippen LogP contribution in [0.25, 0.3) is 0 Å². The van der Waals surface area contributed by atoms with Crippen LogP contribution < -0.4 is 5.73 Å². The number of aliphatic hydroxyl groups is 1. The molecule has 0 amide bonds. The second-order valence-corrected chi connectivity index (χ2v) is 3.79. The first-order valence-electron chi connectivity index (χ1n) is 3.92. The topological polar surface area (TPSA) is 83.5 Å². The smallest absolute Gasteiger partial charge is 0.341 e. The van der Waals surface area contributed by atoms with Crippen molar-refractivity contribution in [3.8, 4) is 0 Å². The first-order chi connectivity index (χ1) is 6.50. The highest BCUT2D eigenvalue weighted by atomic mass is 79.9. The second-order valence-electron chi connectivity index (χ2n) is 2.88. The van der Waals surface area contributed by atoms with Gasteiger partial charge in [-0.1, -0.05) is 28.1 Å². The highest BCUT2D eigenvalue weighted by molar-refractivity contribution is 9.10. The summed E-state index contributed by atoms with van der Waals surface area (Å²) in [5, 5.41) is 18.5. The average Bonchev–Trinajstić information content (AvgIpc) is 2.17. The largest absolute Gasteiger partial charge is 0.479 e. The Morgan fingerprint density at radius 1 is 1.43 bits per heavy atom. The lowest BCUT2D eigenvalue weighted by molar-refractivity contribution is -0.158. The fraction of sp³-hybridized carbons (Fsp3) is 0.222. The van der Waals surface area contributed by atoms with E-state index in [1.54, 1.807) is 12.1 Å². The number of benzene rings is 1. The zero-order chi connectivity index (χ0) is 10.8. The second kappa shape index (κ2) is 4.08. The van der Waals surface area contributed by atoms with Crippen LogP contribution in [0.2, 0.25) is 0 Å². The molecular weight excluding hydrogens is 250 g/mol. The van der Waals surface area contributed by atoms with Crippen molar-refractivity contribution in [1.29, 1.82) is 0 Å². The number of carboxylic acid groups (broad SMARTS) is 1. The molecule has 4 nitrogen and oxygen atoms in total. The lowest BCUT2D eigenvalue weighted by Gasteiger charge is -2.21. The maximum absolute atomic E-state index is 10.8. The number of rotatable bonds is 3. The summed E-state index contributed by atoms with van der Waals surface area (Å²) in [7, 11) is 0. The molecule has 0 unspecified atom stereocenters. The summed E-state index contributed by atoms with van der Waals surface area (Å²) in [5.41, 5.74) is 3.51. The van der Waals surface area contributed by atoms with Gasteiger partial charge in [0.05, 0.1) is 0 Å². The molecule has 0 aromatic heterocycles. The minimum absolute atomic E-state index is 0.274. The van der Waals surface area contributed by atoms with Crippen molar-refractivity contribution in [2.24, 2.45) is 5.73 Å². The van der Waals surface area contributed by atoms with Crippen LogP contribution in [0.3, 0.4) is 0 Å². The number of hydrogen-bond donors (Lipinski definition) is 3. The molecule has 0 fully saturated rings. The van der Waals surface area contributed by atoms with Gasteiger partial charge in [0.15, 0.2) is 5.60 Å². The normalized spacial score (nSPS) is 14.8. The Morgan fingerprint density at radius 3 is 2.29 bits per heavy atom. The fourth-order valence-corrected chi connectivity index (χ4v) is 1.32. The summed E-state index contributed by atoms with van der Waals surface area (Å²) in [4.78, 5) is 10.8. The molecule has 0 aliphatic rings. The van der Waals surface area contributed by atoms with E-state index in [4.69, 9.17) is 10.8 Å². The molecule has 0 aliphatic carbocycles. The van der Waals surface area contributed by atoms with Gasteiger partial charge < -0.3 is 15.9 Å². The van der Waals surface area contributed by atoms with Crippen LogP contribution in [0.1, 0.15) is 5.56 Å². The van der Waals surface area contributed by atoms with E-state index in [0.29, 0.717) is 0 Å². The van der Waals surface area contributed by atoms with Gasteiger partial charge in [-0.05, 0) is 17.7 Å². The first-order valence-corrected chi connectivity index (χ1v) is 4.72. The summed E-state index contributed by atoms with van der Waals surface area (Å²) in [6, 6.07) is 6.34. The highest BCUT2D eigenvalue weighted by Crippen LogP contribution is 2.22. The van der Waals surface area contributed by atoms with Gasteiger partial charge in [-0.15, -0.1) is 0 Å². The summed E-state index contributed by atoms with van der Waals surface area (Å²) in [6.07, 6.45) is 0. The Kier molecular flexibility index (Phi) is 3.25. The fourth-order valence-electron chi connectivity index (χ4n) is 1.05. The van der Waals surface area contributed by atoms with Crippen molar-refractivity contribution in [1.82, 2.24) is 0 Å². The van der Waals surface area contributed by atoms with Crippen molar-refractivity contribution in [3.05, 3.63) is 34.3 Å². The van der Waals surface area contributed by atoms with Gasteiger partial charge in [-0.25, -0.2) is 4.79 Å². The molecule has 1 atom stereocenters. The Morgan fingerprint density at radius 2 is 1.93 bits per heavy atom. The number of aliphatic carboxylic acids is 1. The Labute approximate surface area is 89.5 Å². The molecule has 0 aliphatic heterocycles. The number of halogens is 1. The molecule has 0 bridgehead atoms. The van der Waals surface area contributed by atoms with Gasteiger partial charge in [0.1, 0.15) is 0 Å². The van der Waals surface area contributed by atoms with Crippen LogP contribution in [0.5, 0.6) is 0 Å². The molecule has 0 saturated heterocycles. The Balaban J connectivity index is 3.13. The van der Waals surface area contributed by atoms with E-state index < -0.39 is 11.6 Å². The predicted octanol–water partition coefficient (Wildman–Crippen LogP) is 0.680. The lowest BCUT2D eigenvalue weighted by atomic mass is 9.94. The van der Waals surface area contributed by atoms with Crippen LogP contribution in [0, 0.1) is 0 Å². The van der Waals surface area contributed by atoms with Crippen molar-refractivity contribution in [2.45, 2.75) is 5.60 Å². The standard InChI is InChI=1S/C9H10BrNO3/c10-7-3-1-6(2-4-7)9(14,5-11)8(12)13/h1-4,14H,5,11H2,(H,12,13)/t9-/m0/s1. The van der Waals surface area contributed by atoms with Crippen LogP contribution >= 0.6 is 15.9 Å². The van der Waals surface area contributed by atoms with E-state index in [9.17, 15) is 9.90 Å². The van der Waals surface area contributed by atoms with Crippen LogP contribution in [0.15, 0.2) is 28.7 Å². The van der Waals surface area contributed by atoms with Crippen LogP contribution in [0.4, 0.5) is 0 Å². The molecule has 0 heterocycles.